The van der Waals surface area contributed by atoms with Crippen molar-refractivity contribution in [2.45, 2.75) is 25.8 Å². The van der Waals surface area contributed by atoms with Gasteiger partial charge in [-0.1, -0.05) is 65.4 Å². The van der Waals surface area contributed by atoms with E-state index < -0.39 is 6.04 Å². The van der Waals surface area contributed by atoms with Crippen molar-refractivity contribution in [3.05, 3.63) is 77.9 Å². The molecule has 32 heavy (non-hydrogen) atoms. The molecule has 1 aliphatic heterocycles. The lowest BCUT2D eigenvalue weighted by atomic mass is 10.1. The molecule has 1 aliphatic rings. The summed E-state index contributed by atoms with van der Waals surface area (Å²) < 4.78 is 0. The minimum atomic E-state index is -0.514. The predicted octanol–water partition coefficient (Wildman–Crippen LogP) is 4.91. The quantitative estimate of drug-likeness (QED) is 0.487. The molecule has 2 heterocycles. The summed E-state index contributed by atoms with van der Waals surface area (Å²) in [6, 6.07) is 21.1. The maximum atomic E-state index is 13.2. The number of anilines is 1. The highest BCUT2D eigenvalue weighted by molar-refractivity contribution is 7.18. The second-order valence-corrected chi connectivity index (χ2v) is 8.97. The van der Waals surface area contributed by atoms with E-state index in [0.717, 1.165) is 33.3 Å². The topological polar surface area (TPSA) is 75.2 Å². The molecular weight excluding hydrogens is 420 g/mol. The van der Waals surface area contributed by atoms with Crippen LogP contribution in [0.3, 0.4) is 0 Å². The lowest BCUT2D eigenvalue weighted by molar-refractivity contribution is -0.119. The normalized spacial score (nSPS) is 15.8. The van der Waals surface area contributed by atoms with Gasteiger partial charge in [0, 0.05) is 17.7 Å². The van der Waals surface area contributed by atoms with Crippen LogP contribution in [0, 0.1) is 6.92 Å². The molecule has 1 N–H and O–H groups in total. The van der Waals surface area contributed by atoms with E-state index in [-0.39, 0.29) is 11.8 Å². The molecule has 3 aromatic carbocycles. The van der Waals surface area contributed by atoms with Crippen LogP contribution in [0.25, 0.3) is 21.3 Å². The van der Waals surface area contributed by atoms with E-state index in [1.165, 1.54) is 11.3 Å². The molecule has 5 rings (SSSR count). The van der Waals surface area contributed by atoms with Gasteiger partial charge in [-0.05, 0) is 48.7 Å². The molecule has 0 saturated carbocycles. The summed E-state index contributed by atoms with van der Waals surface area (Å²) in [6.45, 7) is 2.59. The third kappa shape index (κ3) is 3.99. The molecule has 1 atom stereocenters. The van der Waals surface area contributed by atoms with E-state index in [0.29, 0.717) is 23.7 Å². The summed E-state index contributed by atoms with van der Waals surface area (Å²) >= 11 is 1.33. The molecule has 1 unspecified atom stereocenters. The Labute approximate surface area is 189 Å². The molecule has 160 valence electrons. The smallest absolute Gasteiger partial charge is 0.254 e. The maximum absolute atomic E-state index is 13.2. The standard InChI is InChI=1S/C25H22N4O2S/c1-16-6-4-9-19(14-16)23-27-28-25(32-23)26-22(30)21-10-5-13-29(21)24(31)20-12-11-17-7-2-3-8-18(17)15-20/h2-4,6-9,11-12,14-15,21H,5,10,13H2,1H3,(H,26,28,30). The Hall–Kier alpha value is -3.58. The van der Waals surface area contributed by atoms with E-state index in [4.69, 9.17) is 0 Å². The number of rotatable bonds is 4. The first-order valence-electron chi connectivity index (χ1n) is 10.6. The fourth-order valence-corrected chi connectivity index (χ4v) is 4.87. The zero-order valence-electron chi connectivity index (χ0n) is 17.6. The van der Waals surface area contributed by atoms with Gasteiger partial charge < -0.3 is 4.90 Å². The van der Waals surface area contributed by atoms with Crippen LogP contribution in [0.1, 0.15) is 28.8 Å². The van der Waals surface area contributed by atoms with Crippen molar-refractivity contribution in [3.8, 4) is 10.6 Å². The molecule has 6 nitrogen and oxygen atoms in total. The highest BCUT2D eigenvalue weighted by Gasteiger charge is 2.35. The van der Waals surface area contributed by atoms with Crippen LogP contribution in [0.2, 0.25) is 0 Å². The Kier molecular flexibility index (Phi) is 5.41. The van der Waals surface area contributed by atoms with Gasteiger partial charge in [0.1, 0.15) is 11.0 Å². The van der Waals surface area contributed by atoms with Crippen molar-refractivity contribution in [1.82, 2.24) is 15.1 Å². The van der Waals surface area contributed by atoms with Gasteiger partial charge >= 0.3 is 0 Å². The Morgan fingerprint density at radius 3 is 2.69 bits per heavy atom. The van der Waals surface area contributed by atoms with Gasteiger partial charge in [-0.2, -0.15) is 0 Å². The molecule has 1 aromatic heterocycles. The summed E-state index contributed by atoms with van der Waals surface area (Å²) in [7, 11) is 0. The molecule has 7 heteroatoms. The third-order valence-electron chi connectivity index (χ3n) is 5.73. The Bertz CT molecular complexity index is 1320. The van der Waals surface area contributed by atoms with E-state index in [2.05, 4.69) is 15.5 Å². The summed E-state index contributed by atoms with van der Waals surface area (Å²) in [5.74, 6) is -0.338. The van der Waals surface area contributed by atoms with Gasteiger partial charge in [0.2, 0.25) is 11.0 Å². The number of aromatic nitrogens is 2. The zero-order valence-corrected chi connectivity index (χ0v) is 18.4. The van der Waals surface area contributed by atoms with Crippen LogP contribution in [-0.2, 0) is 4.79 Å². The number of fused-ring (bicyclic) bond motifs is 1. The van der Waals surface area contributed by atoms with Crippen LogP contribution >= 0.6 is 11.3 Å². The molecule has 1 saturated heterocycles. The Morgan fingerprint density at radius 1 is 1.00 bits per heavy atom. The first kappa shape index (κ1) is 20.3. The number of hydrogen-bond acceptors (Lipinski definition) is 5. The zero-order chi connectivity index (χ0) is 22.1. The van der Waals surface area contributed by atoms with Crippen LogP contribution in [0.4, 0.5) is 5.13 Å². The second kappa shape index (κ2) is 8.51. The van der Waals surface area contributed by atoms with Gasteiger partial charge in [0.05, 0.1) is 0 Å². The van der Waals surface area contributed by atoms with Crippen LogP contribution < -0.4 is 5.32 Å². The molecule has 0 spiro atoms. The van der Waals surface area contributed by atoms with Gasteiger partial charge in [0.25, 0.3) is 5.91 Å². The largest absolute Gasteiger partial charge is 0.327 e. The lowest BCUT2D eigenvalue weighted by Crippen LogP contribution is -2.43. The van der Waals surface area contributed by atoms with Crippen molar-refractivity contribution < 1.29 is 9.59 Å². The summed E-state index contributed by atoms with van der Waals surface area (Å²) in [5.41, 5.74) is 2.70. The molecule has 2 amide bonds. The van der Waals surface area contributed by atoms with Crippen molar-refractivity contribution in [1.29, 1.82) is 0 Å². The van der Waals surface area contributed by atoms with E-state index in [1.54, 1.807) is 4.90 Å². The first-order chi connectivity index (χ1) is 15.6. The van der Waals surface area contributed by atoms with Gasteiger partial charge in [-0.15, -0.1) is 10.2 Å². The van der Waals surface area contributed by atoms with E-state index in [9.17, 15) is 9.59 Å². The number of hydrogen-bond donors (Lipinski definition) is 1. The molecule has 1 fully saturated rings. The highest BCUT2D eigenvalue weighted by atomic mass is 32.1. The highest BCUT2D eigenvalue weighted by Crippen LogP contribution is 2.28. The number of nitrogens with one attached hydrogen (secondary N) is 1. The molecule has 4 aromatic rings. The van der Waals surface area contributed by atoms with Crippen molar-refractivity contribution in [2.75, 3.05) is 11.9 Å². The fourth-order valence-electron chi connectivity index (χ4n) is 4.13. The number of aryl methyl sites for hydroxylation is 1. The monoisotopic (exact) mass is 442 g/mol. The van der Waals surface area contributed by atoms with Crippen molar-refractivity contribution in [2.24, 2.45) is 0 Å². The molecule has 0 aliphatic carbocycles. The van der Waals surface area contributed by atoms with Crippen molar-refractivity contribution in [3.63, 3.8) is 0 Å². The van der Waals surface area contributed by atoms with Gasteiger partial charge in [-0.3, -0.25) is 14.9 Å². The van der Waals surface area contributed by atoms with E-state index >= 15 is 0 Å². The molecule has 0 bridgehead atoms. The van der Waals surface area contributed by atoms with Crippen LogP contribution in [-0.4, -0.2) is 39.5 Å². The average Bonchev–Trinajstić information content (AvgIpc) is 3.48. The minimum Gasteiger partial charge on any atom is -0.327 e. The predicted molar refractivity (Wildman–Crippen MR) is 127 cm³/mol. The fraction of sp³-hybridized carbons (Fsp3) is 0.200. The number of amides is 2. The van der Waals surface area contributed by atoms with Gasteiger partial charge in [-0.25, -0.2) is 0 Å². The summed E-state index contributed by atoms with van der Waals surface area (Å²) in [4.78, 5) is 27.9. The number of nitrogens with zero attached hydrogens (tertiary/aromatic N) is 3. The molecular formula is C25H22N4O2S. The number of carbonyl (C=O) groups is 2. The summed E-state index contributed by atoms with van der Waals surface area (Å²) in [5, 5.41) is 14.5. The van der Waals surface area contributed by atoms with Crippen LogP contribution in [0.15, 0.2) is 66.7 Å². The van der Waals surface area contributed by atoms with Gasteiger partial charge in [0.15, 0.2) is 0 Å². The van der Waals surface area contributed by atoms with Crippen LogP contribution in [0.5, 0.6) is 0 Å². The minimum absolute atomic E-state index is 0.119. The van der Waals surface area contributed by atoms with Crippen molar-refractivity contribution >= 4 is 39.1 Å². The number of benzene rings is 3. The average molecular weight is 443 g/mol. The summed E-state index contributed by atoms with van der Waals surface area (Å²) in [6.07, 6.45) is 1.43. The lowest BCUT2D eigenvalue weighted by Gasteiger charge is -2.23. The molecule has 0 radical (unpaired) electrons. The SMILES string of the molecule is Cc1cccc(-c2nnc(NC(=O)C3CCCN3C(=O)c3ccc4ccccc4c3)s2)c1. The second-order valence-electron chi connectivity index (χ2n) is 7.99. The number of carbonyl (C=O) groups excluding carboxylic acids is 2. The maximum Gasteiger partial charge on any atom is 0.254 e. The Morgan fingerprint density at radius 2 is 1.84 bits per heavy atom. The van der Waals surface area contributed by atoms with E-state index in [1.807, 2.05) is 73.7 Å². The Balaban J connectivity index is 1.32. The number of likely N-dealkylation sites (tertiary alicyclic amines) is 1. The first-order valence-corrected chi connectivity index (χ1v) is 11.4. The third-order valence-corrected chi connectivity index (χ3v) is 6.62.